The highest BCUT2D eigenvalue weighted by atomic mass is 16.6. The summed E-state index contributed by atoms with van der Waals surface area (Å²) in [5.74, 6) is -0.104. The molecule has 0 aromatic heterocycles. The Kier molecular flexibility index (Phi) is 11.4. The van der Waals surface area contributed by atoms with Crippen molar-refractivity contribution in [2.75, 3.05) is 0 Å². The number of hydrogen-bond acceptors (Lipinski definition) is 5. The topological polar surface area (TPSA) is 105 Å². The van der Waals surface area contributed by atoms with Crippen molar-refractivity contribution < 1.29 is 24.2 Å². The minimum absolute atomic E-state index is 0.0135. The Balaban J connectivity index is 0.000000696. The highest BCUT2D eigenvalue weighted by Crippen LogP contribution is 2.26. The van der Waals surface area contributed by atoms with E-state index in [0.717, 1.165) is 12.0 Å². The van der Waals surface area contributed by atoms with Crippen LogP contribution >= 0.6 is 0 Å². The van der Waals surface area contributed by atoms with Crippen LogP contribution in [0, 0.1) is 11.8 Å². The van der Waals surface area contributed by atoms with Crippen LogP contribution in [-0.4, -0.2) is 40.6 Å². The van der Waals surface area contributed by atoms with E-state index < -0.39 is 5.60 Å². The molecule has 3 N–H and O–H groups in total. The largest absolute Gasteiger partial charge is 0.510 e. The third kappa shape index (κ3) is 10.5. The van der Waals surface area contributed by atoms with Crippen molar-refractivity contribution in [3.8, 4) is 0 Å². The number of rotatable bonds is 5. The molecule has 2 aliphatic heterocycles. The molecule has 2 heterocycles. The van der Waals surface area contributed by atoms with Crippen molar-refractivity contribution in [2.24, 2.45) is 11.8 Å². The maximum absolute atomic E-state index is 12.3. The van der Waals surface area contributed by atoms with E-state index in [9.17, 15) is 14.4 Å². The fourth-order valence-electron chi connectivity index (χ4n) is 2.97. The molecule has 0 aromatic carbocycles. The first-order valence-electron chi connectivity index (χ1n) is 10.7. The van der Waals surface area contributed by atoms with Crippen LogP contribution < -0.4 is 10.6 Å². The predicted molar refractivity (Wildman–Crippen MR) is 119 cm³/mol. The van der Waals surface area contributed by atoms with Gasteiger partial charge in [-0.15, -0.1) is 0 Å². The van der Waals surface area contributed by atoms with E-state index in [1.807, 2.05) is 41.5 Å². The van der Waals surface area contributed by atoms with Gasteiger partial charge >= 0.3 is 5.97 Å². The SMILES string of the molecule is CC.CC(C)C[C@H](CC1=CC(=O)N[C@H]1C)C(=O)OC(C)(C)C.C[C@@H]1NC(=O)C=C1O. The maximum atomic E-state index is 12.3. The van der Waals surface area contributed by atoms with Gasteiger partial charge in [0.15, 0.2) is 0 Å². The molecule has 0 spiro atoms. The Morgan fingerprint density at radius 2 is 1.57 bits per heavy atom. The van der Waals surface area contributed by atoms with Gasteiger partial charge in [0, 0.05) is 18.2 Å². The van der Waals surface area contributed by atoms with Gasteiger partial charge in [-0.1, -0.05) is 27.7 Å². The number of esters is 1. The lowest BCUT2D eigenvalue weighted by atomic mass is 9.89. The molecule has 2 rings (SSSR count). The molecule has 0 saturated heterocycles. The van der Waals surface area contributed by atoms with Crippen molar-refractivity contribution in [2.45, 2.75) is 92.8 Å². The summed E-state index contributed by atoms with van der Waals surface area (Å²) in [4.78, 5) is 34.0. The number of hydrogen-bond donors (Lipinski definition) is 3. The van der Waals surface area contributed by atoms with E-state index in [4.69, 9.17) is 9.84 Å². The van der Waals surface area contributed by atoms with Crippen molar-refractivity contribution in [3.05, 3.63) is 23.5 Å². The second kappa shape index (κ2) is 12.4. The average molecular weight is 425 g/mol. The molecule has 0 fully saturated rings. The van der Waals surface area contributed by atoms with Gasteiger partial charge < -0.3 is 20.5 Å². The third-order valence-electron chi connectivity index (χ3n) is 4.29. The molecule has 0 aliphatic carbocycles. The Hall–Kier alpha value is -2.31. The molecule has 3 atom stereocenters. The highest BCUT2D eigenvalue weighted by Gasteiger charge is 2.30. The average Bonchev–Trinajstić information content (AvgIpc) is 3.06. The van der Waals surface area contributed by atoms with Crippen molar-refractivity contribution in [1.82, 2.24) is 10.6 Å². The molecule has 172 valence electrons. The van der Waals surface area contributed by atoms with Gasteiger partial charge in [0.25, 0.3) is 0 Å². The molecule has 30 heavy (non-hydrogen) atoms. The van der Waals surface area contributed by atoms with Crippen molar-refractivity contribution in [1.29, 1.82) is 0 Å². The monoisotopic (exact) mass is 424 g/mol. The summed E-state index contributed by atoms with van der Waals surface area (Å²) in [6, 6.07) is -0.179. The van der Waals surface area contributed by atoms with E-state index in [0.29, 0.717) is 12.3 Å². The molecule has 0 aromatic rings. The number of aliphatic hydroxyl groups excluding tert-OH is 1. The highest BCUT2D eigenvalue weighted by molar-refractivity contribution is 5.92. The van der Waals surface area contributed by atoms with Gasteiger partial charge in [-0.3, -0.25) is 14.4 Å². The minimum Gasteiger partial charge on any atom is -0.510 e. The van der Waals surface area contributed by atoms with Gasteiger partial charge in [0.05, 0.1) is 12.0 Å². The molecule has 0 unspecified atom stereocenters. The summed E-state index contributed by atoms with van der Waals surface area (Å²) in [5.41, 5.74) is 0.516. The molecule has 7 nitrogen and oxygen atoms in total. The zero-order chi connectivity index (χ0) is 23.6. The smallest absolute Gasteiger partial charge is 0.309 e. The van der Waals surface area contributed by atoms with E-state index >= 15 is 0 Å². The van der Waals surface area contributed by atoms with Gasteiger partial charge in [0.2, 0.25) is 11.8 Å². The molecule has 7 heteroatoms. The fourth-order valence-corrected chi connectivity index (χ4v) is 2.97. The van der Waals surface area contributed by atoms with Gasteiger partial charge in [-0.25, -0.2) is 0 Å². The van der Waals surface area contributed by atoms with Crippen LogP contribution in [0.15, 0.2) is 23.5 Å². The van der Waals surface area contributed by atoms with Crippen LogP contribution in [0.5, 0.6) is 0 Å². The molecule has 2 amide bonds. The van der Waals surface area contributed by atoms with Crippen molar-refractivity contribution in [3.63, 3.8) is 0 Å². The number of aliphatic hydroxyl groups is 1. The molecular formula is C23H40N2O5. The Morgan fingerprint density at radius 1 is 1.07 bits per heavy atom. The number of nitrogens with one attached hydrogen (secondary N) is 2. The van der Waals surface area contributed by atoms with Crippen LogP contribution in [0.25, 0.3) is 0 Å². The lowest BCUT2D eigenvalue weighted by molar-refractivity contribution is -0.160. The summed E-state index contributed by atoms with van der Waals surface area (Å²) < 4.78 is 5.50. The normalized spacial score (nSPS) is 21.3. The molecule has 0 saturated carbocycles. The molecule has 0 bridgehead atoms. The van der Waals surface area contributed by atoms with Crippen molar-refractivity contribution >= 4 is 17.8 Å². The zero-order valence-electron chi connectivity index (χ0n) is 20.0. The number of ether oxygens (including phenoxy) is 1. The van der Waals surface area contributed by atoms with Gasteiger partial charge in [-0.2, -0.15) is 0 Å². The summed E-state index contributed by atoms with van der Waals surface area (Å²) in [6.07, 6.45) is 4.16. The second-order valence-electron chi connectivity index (χ2n) is 8.81. The lowest BCUT2D eigenvalue weighted by Gasteiger charge is -2.25. The van der Waals surface area contributed by atoms with Gasteiger partial charge in [-0.05, 0) is 59.0 Å². The van der Waals surface area contributed by atoms with E-state index in [1.54, 1.807) is 13.0 Å². The number of amides is 2. The Labute approximate surface area is 181 Å². The second-order valence-corrected chi connectivity index (χ2v) is 8.81. The lowest BCUT2D eigenvalue weighted by Crippen LogP contribution is -2.31. The van der Waals surface area contributed by atoms with Crippen LogP contribution in [0.1, 0.15) is 75.2 Å². The van der Waals surface area contributed by atoms with E-state index in [1.165, 1.54) is 6.08 Å². The van der Waals surface area contributed by atoms with E-state index in [-0.39, 0.29) is 41.5 Å². The quantitative estimate of drug-likeness (QED) is 0.582. The minimum atomic E-state index is -0.476. The zero-order valence-corrected chi connectivity index (χ0v) is 20.0. The van der Waals surface area contributed by atoms with Crippen LogP contribution in [0.2, 0.25) is 0 Å². The van der Waals surface area contributed by atoms with Crippen LogP contribution in [-0.2, 0) is 19.1 Å². The first kappa shape index (κ1) is 27.7. The summed E-state index contributed by atoms with van der Waals surface area (Å²) >= 11 is 0. The van der Waals surface area contributed by atoms with Gasteiger partial charge in [0.1, 0.15) is 11.4 Å². The first-order chi connectivity index (χ1) is 13.8. The standard InChI is InChI=1S/C16H27NO3.C5H7NO2.C2H6/c1-10(2)7-13(15(19)20-16(4,5)6)8-12-9-14(18)17-11(12)3;1-3-4(7)2-5(8)6-3;1-2/h9-11,13H,7-8H2,1-6H3,(H,17,18);2-3,7H,1H3,(H,6,8);1-2H3/t11-,13+;3-;/m00./s1. The predicted octanol–water partition coefficient (Wildman–Crippen LogP) is 3.80. The summed E-state index contributed by atoms with van der Waals surface area (Å²) in [5, 5.41) is 14.1. The molecular weight excluding hydrogens is 384 g/mol. The Morgan fingerprint density at radius 3 is 1.87 bits per heavy atom. The molecule has 0 radical (unpaired) electrons. The van der Waals surface area contributed by atoms with E-state index in [2.05, 4.69) is 24.5 Å². The fraction of sp³-hybridized carbons (Fsp3) is 0.696. The van der Waals surface area contributed by atoms with Crippen LogP contribution in [0.4, 0.5) is 0 Å². The summed E-state index contributed by atoms with van der Waals surface area (Å²) in [6.45, 7) is 17.5. The number of carbonyl (C=O) groups is 3. The first-order valence-corrected chi connectivity index (χ1v) is 10.7. The summed E-state index contributed by atoms with van der Waals surface area (Å²) in [7, 11) is 0. The third-order valence-corrected chi connectivity index (χ3v) is 4.29. The molecule has 2 aliphatic rings. The maximum Gasteiger partial charge on any atom is 0.309 e. The Bertz CT molecular complexity index is 659. The number of carbonyl (C=O) groups excluding carboxylic acids is 3. The van der Waals surface area contributed by atoms with Crippen LogP contribution in [0.3, 0.4) is 0 Å².